The minimum absolute atomic E-state index is 0.793. The van der Waals surface area contributed by atoms with Crippen molar-refractivity contribution in [3.8, 4) is 0 Å². The summed E-state index contributed by atoms with van der Waals surface area (Å²) >= 11 is 13.3. The first-order valence-electron chi connectivity index (χ1n) is 4.68. The summed E-state index contributed by atoms with van der Waals surface area (Å²) in [6.45, 7) is 0. The monoisotopic (exact) mass is 320 g/mol. The van der Waals surface area contributed by atoms with E-state index < -0.39 is 0 Å². The van der Waals surface area contributed by atoms with Crippen LogP contribution >= 0.6 is 51.1 Å². The molecule has 0 aromatic heterocycles. The van der Waals surface area contributed by atoms with Crippen molar-refractivity contribution in [2.24, 2.45) is 0 Å². The lowest BCUT2D eigenvalue weighted by molar-refractivity contribution is 1.13. The van der Waals surface area contributed by atoms with Crippen LogP contribution in [0.2, 0.25) is 5.02 Å². The van der Waals surface area contributed by atoms with Crippen molar-refractivity contribution < 1.29 is 0 Å². The third-order valence-corrected chi connectivity index (χ3v) is 5.95. The molecule has 0 bridgehead atoms. The van der Waals surface area contributed by atoms with Gasteiger partial charge < -0.3 is 0 Å². The van der Waals surface area contributed by atoms with Gasteiger partial charge in [0.2, 0.25) is 0 Å². The van der Waals surface area contributed by atoms with E-state index in [1.807, 2.05) is 35.7 Å². The van der Waals surface area contributed by atoms with Gasteiger partial charge in [0.15, 0.2) is 0 Å². The zero-order valence-corrected chi connectivity index (χ0v) is 12.0. The quantitative estimate of drug-likeness (QED) is 0.694. The Morgan fingerprint density at radius 3 is 2.47 bits per heavy atom. The molecule has 0 N–H and O–H groups in total. The second-order valence-corrected chi connectivity index (χ2v) is 7.12. The molecule has 0 nitrogen and oxygen atoms in total. The van der Waals surface area contributed by atoms with Gasteiger partial charge in [-0.25, -0.2) is 0 Å². The van der Waals surface area contributed by atoms with Crippen molar-refractivity contribution in [2.75, 3.05) is 11.5 Å². The van der Waals surface area contributed by atoms with E-state index in [9.17, 15) is 0 Å². The normalized spacial score (nSPS) is 17.7. The largest absolute Gasteiger partial charge is 0.124 e. The van der Waals surface area contributed by atoms with E-state index in [4.69, 9.17) is 11.6 Å². The van der Waals surface area contributed by atoms with E-state index in [0.717, 1.165) is 5.02 Å². The molecule has 15 heavy (non-hydrogen) atoms. The van der Waals surface area contributed by atoms with Crippen LogP contribution in [0.15, 0.2) is 28.1 Å². The molecule has 1 aromatic carbocycles. The minimum atomic E-state index is 0.793. The number of hydrogen-bond donors (Lipinski definition) is 0. The predicted molar refractivity (Wildman–Crippen MR) is 76.8 cm³/mol. The maximum atomic E-state index is 5.88. The molecule has 0 fully saturated rings. The highest BCUT2D eigenvalue weighted by Gasteiger charge is 2.12. The second kappa shape index (κ2) is 5.67. The summed E-state index contributed by atoms with van der Waals surface area (Å²) < 4.78 is 1.26. The van der Waals surface area contributed by atoms with Gasteiger partial charge >= 0.3 is 0 Å². The fourth-order valence-corrected chi connectivity index (χ4v) is 4.66. The van der Waals surface area contributed by atoms with Crippen LogP contribution in [0.1, 0.15) is 12.0 Å². The summed E-state index contributed by atoms with van der Waals surface area (Å²) in [6.07, 6.45) is 1.27. The Morgan fingerprint density at radius 1 is 1.07 bits per heavy atom. The fourth-order valence-electron chi connectivity index (χ4n) is 1.32. The minimum Gasteiger partial charge on any atom is -0.124 e. The third kappa shape index (κ3) is 3.19. The first-order chi connectivity index (χ1) is 7.27. The first-order valence-corrected chi connectivity index (χ1v) is 7.83. The van der Waals surface area contributed by atoms with Crippen LogP contribution in [0.5, 0.6) is 0 Å². The van der Waals surface area contributed by atoms with Gasteiger partial charge in [-0.15, -0.1) is 23.5 Å². The van der Waals surface area contributed by atoms with Crippen molar-refractivity contribution in [1.29, 1.82) is 0 Å². The standard InChI is InChI=1S/C11H10BrClS2/c12-11-10(14-6-1-7-15-11)8-2-4-9(13)5-3-8/h2-5H,1,6-7H2. The zero-order chi connectivity index (χ0) is 10.7. The Labute approximate surface area is 112 Å². The van der Waals surface area contributed by atoms with Crippen molar-refractivity contribution in [3.63, 3.8) is 0 Å². The molecule has 0 saturated heterocycles. The summed E-state index contributed by atoms with van der Waals surface area (Å²) in [5.74, 6) is 2.39. The first kappa shape index (κ1) is 11.9. The van der Waals surface area contributed by atoms with Crippen LogP contribution in [0.3, 0.4) is 0 Å². The molecule has 1 aromatic rings. The third-order valence-electron chi connectivity index (χ3n) is 2.05. The van der Waals surface area contributed by atoms with Crippen molar-refractivity contribution in [1.82, 2.24) is 0 Å². The fraction of sp³-hybridized carbons (Fsp3) is 0.273. The summed E-state index contributed by atoms with van der Waals surface area (Å²) in [4.78, 5) is 1.34. The number of hydrogen-bond acceptors (Lipinski definition) is 2. The van der Waals surface area contributed by atoms with Gasteiger partial charge in [-0.2, -0.15) is 0 Å². The molecule has 0 radical (unpaired) electrons. The van der Waals surface area contributed by atoms with Crippen LogP contribution in [0.4, 0.5) is 0 Å². The number of rotatable bonds is 1. The molecule has 0 amide bonds. The van der Waals surface area contributed by atoms with E-state index in [1.165, 1.54) is 32.2 Å². The molecule has 1 heterocycles. The molecule has 0 aliphatic carbocycles. The molecular weight excluding hydrogens is 312 g/mol. The van der Waals surface area contributed by atoms with Crippen LogP contribution < -0.4 is 0 Å². The Balaban J connectivity index is 2.31. The molecule has 0 atom stereocenters. The molecule has 2 rings (SSSR count). The highest BCUT2D eigenvalue weighted by atomic mass is 79.9. The zero-order valence-electron chi connectivity index (χ0n) is 8.00. The molecule has 0 saturated carbocycles. The topological polar surface area (TPSA) is 0 Å². The van der Waals surface area contributed by atoms with Gasteiger partial charge in [-0.1, -0.05) is 23.7 Å². The molecule has 4 heteroatoms. The van der Waals surface area contributed by atoms with E-state index in [2.05, 4.69) is 28.1 Å². The smallest absolute Gasteiger partial charge is 0.0645 e. The lowest BCUT2D eigenvalue weighted by atomic mass is 10.2. The Bertz CT molecular complexity index is 373. The van der Waals surface area contributed by atoms with Gasteiger partial charge in [-0.3, -0.25) is 0 Å². The maximum absolute atomic E-state index is 5.88. The number of benzene rings is 1. The van der Waals surface area contributed by atoms with E-state index in [1.54, 1.807) is 0 Å². The number of thioether (sulfide) groups is 2. The van der Waals surface area contributed by atoms with Crippen LogP contribution in [0.25, 0.3) is 4.91 Å². The van der Waals surface area contributed by atoms with Crippen molar-refractivity contribution >= 4 is 56.0 Å². The van der Waals surface area contributed by atoms with Crippen molar-refractivity contribution in [3.05, 3.63) is 38.7 Å². The molecule has 1 aliphatic rings. The van der Waals surface area contributed by atoms with Gasteiger partial charge in [-0.05, 0) is 51.6 Å². The lowest BCUT2D eigenvalue weighted by Crippen LogP contribution is -1.81. The maximum Gasteiger partial charge on any atom is 0.0645 e. The number of halogens is 2. The molecule has 0 unspecified atom stereocenters. The van der Waals surface area contributed by atoms with Crippen LogP contribution in [-0.2, 0) is 0 Å². The lowest BCUT2D eigenvalue weighted by Gasteiger charge is -2.06. The molecule has 0 spiro atoms. The molecule has 1 aliphatic heterocycles. The van der Waals surface area contributed by atoms with Gasteiger partial charge in [0.25, 0.3) is 0 Å². The van der Waals surface area contributed by atoms with Gasteiger partial charge in [0.1, 0.15) is 0 Å². The average molecular weight is 322 g/mol. The van der Waals surface area contributed by atoms with Crippen LogP contribution in [-0.4, -0.2) is 11.5 Å². The van der Waals surface area contributed by atoms with E-state index >= 15 is 0 Å². The highest BCUT2D eigenvalue weighted by Crippen LogP contribution is 2.42. The molecular formula is C11H10BrClS2. The van der Waals surface area contributed by atoms with E-state index in [0.29, 0.717) is 0 Å². The summed E-state index contributed by atoms with van der Waals surface area (Å²) in [5.41, 5.74) is 1.26. The summed E-state index contributed by atoms with van der Waals surface area (Å²) in [6, 6.07) is 8.05. The SMILES string of the molecule is Clc1ccc(C2=C(Br)SCCCS2)cc1. The highest BCUT2D eigenvalue weighted by molar-refractivity contribution is 9.14. The predicted octanol–water partition coefficient (Wildman–Crippen LogP) is 5.23. The van der Waals surface area contributed by atoms with Gasteiger partial charge in [0, 0.05) is 9.93 Å². The van der Waals surface area contributed by atoms with Crippen molar-refractivity contribution in [2.45, 2.75) is 6.42 Å². The van der Waals surface area contributed by atoms with Gasteiger partial charge in [0.05, 0.1) is 3.81 Å². The summed E-state index contributed by atoms with van der Waals surface area (Å²) in [7, 11) is 0. The second-order valence-electron chi connectivity index (χ2n) is 3.16. The summed E-state index contributed by atoms with van der Waals surface area (Å²) in [5, 5.41) is 0.793. The Morgan fingerprint density at radius 2 is 1.73 bits per heavy atom. The van der Waals surface area contributed by atoms with Crippen LogP contribution in [0, 0.1) is 0 Å². The average Bonchev–Trinajstić information content (AvgIpc) is 2.44. The molecule has 80 valence electrons. The van der Waals surface area contributed by atoms with E-state index in [-0.39, 0.29) is 0 Å². The Kier molecular flexibility index (Phi) is 4.50. The Hall–Kier alpha value is 0.430.